The van der Waals surface area contributed by atoms with Crippen molar-refractivity contribution in [2.75, 3.05) is 25.0 Å². The smallest absolute Gasteiger partial charge is 0.262 e. The van der Waals surface area contributed by atoms with Crippen molar-refractivity contribution in [1.82, 2.24) is 19.7 Å². The van der Waals surface area contributed by atoms with Crippen molar-refractivity contribution in [3.8, 4) is 22.9 Å². The summed E-state index contributed by atoms with van der Waals surface area (Å²) in [5, 5.41) is 7.75. The van der Waals surface area contributed by atoms with E-state index in [0.29, 0.717) is 39.1 Å². The van der Waals surface area contributed by atoms with E-state index in [1.165, 1.54) is 6.20 Å². The standard InChI is InChI=1S/C21H17N5O5S/c1-29-14-5-3-13(4-6-14)26-19-15(9-22-26)20(28)25-21(24-19)32-10-18(27)23-12-2-7-16-17(8-12)31-11-30-16/h2-9H,10-11H2,1H3,(H,23,27)(H,24,25,28). The highest BCUT2D eigenvalue weighted by Gasteiger charge is 2.16. The Morgan fingerprint density at radius 1 is 1.22 bits per heavy atom. The van der Waals surface area contributed by atoms with E-state index in [1.54, 1.807) is 42.1 Å². The van der Waals surface area contributed by atoms with E-state index in [4.69, 9.17) is 14.2 Å². The average molecular weight is 451 g/mol. The van der Waals surface area contributed by atoms with Crippen molar-refractivity contribution in [3.05, 3.63) is 59.0 Å². The lowest BCUT2D eigenvalue weighted by atomic mass is 10.3. The topological polar surface area (TPSA) is 120 Å². The molecule has 4 aromatic rings. The second-order valence-corrected chi connectivity index (χ2v) is 7.73. The summed E-state index contributed by atoms with van der Waals surface area (Å²) in [5.74, 6) is 1.74. The number of carbonyl (C=O) groups is 1. The summed E-state index contributed by atoms with van der Waals surface area (Å²) in [4.78, 5) is 32.1. The van der Waals surface area contributed by atoms with Crippen LogP contribution in [-0.2, 0) is 4.79 Å². The summed E-state index contributed by atoms with van der Waals surface area (Å²) in [6.07, 6.45) is 1.46. The maximum absolute atomic E-state index is 12.5. The molecule has 1 aliphatic rings. The Morgan fingerprint density at radius 2 is 2.03 bits per heavy atom. The second kappa shape index (κ2) is 8.27. The van der Waals surface area contributed by atoms with Gasteiger partial charge in [-0.05, 0) is 36.4 Å². The molecule has 11 heteroatoms. The van der Waals surface area contributed by atoms with Gasteiger partial charge in [0.25, 0.3) is 5.56 Å². The third kappa shape index (κ3) is 3.85. The number of anilines is 1. The predicted octanol–water partition coefficient (Wildman–Crippen LogP) is 2.58. The molecule has 2 aromatic carbocycles. The van der Waals surface area contributed by atoms with Gasteiger partial charge in [-0.3, -0.25) is 9.59 Å². The average Bonchev–Trinajstić information content (AvgIpc) is 3.45. The molecule has 0 saturated heterocycles. The van der Waals surface area contributed by atoms with Gasteiger partial charge in [-0.2, -0.15) is 5.10 Å². The van der Waals surface area contributed by atoms with Crippen molar-refractivity contribution in [2.24, 2.45) is 0 Å². The van der Waals surface area contributed by atoms with E-state index in [9.17, 15) is 9.59 Å². The molecular weight excluding hydrogens is 434 g/mol. The van der Waals surface area contributed by atoms with Crippen LogP contribution in [-0.4, -0.2) is 45.3 Å². The van der Waals surface area contributed by atoms with Crippen LogP contribution in [0.5, 0.6) is 17.2 Å². The number of benzene rings is 2. The van der Waals surface area contributed by atoms with Gasteiger partial charge in [0, 0.05) is 11.8 Å². The van der Waals surface area contributed by atoms with Gasteiger partial charge in [0.15, 0.2) is 22.3 Å². The predicted molar refractivity (Wildman–Crippen MR) is 118 cm³/mol. The van der Waals surface area contributed by atoms with Gasteiger partial charge in [0.2, 0.25) is 12.7 Å². The Morgan fingerprint density at radius 3 is 2.84 bits per heavy atom. The first-order valence-electron chi connectivity index (χ1n) is 9.55. The van der Waals surface area contributed by atoms with E-state index in [-0.39, 0.29) is 24.0 Å². The molecule has 32 heavy (non-hydrogen) atoms. The van der Waals surface area contributed by atoms with Crippen LogP contribution >= 0.6 is 11.8 Å². The zero-order valence-electron chi connectivity index (χ0n) is 16.8. The normalized spacial score (nSPS) is 12.2. The molecule has 0 radical (unpaired) electrons. The number of H-pyrrole nitrogens is 1. The maximum Gasteiger partial charge on any atom is 0.262 e. The molecule has 0 spiro atoms. The molecular formula is C21H17N5O5S. The Labute approximate surface area is 185 Å². The van der Waals surface area contributed by atoms with Gasteiger partial charge < -0.3 is 24.5 Å². The minimum atomic E-state index is -0.326. The van der Waals surface area contributed by atoms with Gasteiger partial charge in [-0.25, -0.2) is 9.67 Å². The minimum Gasteiger partial charge on any atom is -0.497 e. The van der Waals surface area contributed by atoms with Crippen LogP contribution in [0.2, 0.25) is 0 Å². The zero-order valence-corrected chi connectivity index (χ0v) is 17.6. The maximum atomic E-state index is 12.5. The number of carbonyl (C=O) groups excluding carboxylic acids is 1. The van der Waals surface area contributed by atoms with E-state index in [0.717, 1.165) is 17.4 Å². The number of ether oxygens (including phenoxy) is 3. The molecule has 1 amide bonds. The van der Waals surface area contributed by atoms with Gasteiger partial charge in [-0.15, -0.1) is 0 Å². The number of rotatable bonds is 6. The highest BCUT2D eigenvalue weighted by atomic mass is 32.2. The second-order valence-electron chi connectivity index (χ2n) is 6.77. The molecule has 2 aromatic heterocycles. The molecule has 0 bridgehead atoms. The first-order chi connectivity index (χ1) is 15.6. The summed E-state index contributed by atoms with van der Waals surface area (Å²) in [5.41, 5.74) is 1.40. The molecule has 5 rings (SSSR count). The number of fused-ring (bicyclic) bond motifs is 2. The highest BCUT2D eigenvalue weighted by molar-refractivity contribution is 7.99. The lowest BCUT2D eigenvalue weighted by Gasteiger charge is -2.07. The van der Waals surface area contributed by atoms with Gasteiger partial charge in [-0.1, -0.05) is 11.8 Å². The van der Waals surface area contributed by atoms with E-state index < -0.39 is 0 Å². The number of nitrogens with zero attached hydrogens (tertiary/aromatic N) is 3. The Bertz CT molecular complexity index is 1370. The largest absolute Gasteiger partial charge is 0.497 e. The highest BCUT2D eigenvalue weighted by Crippen LogP contribution is 2.34. The molecule has 0 aliphatic carbocycles. The Hall–Kier alpha value is -3.99. The van der Waals surface area contributed by atoms with Crippen molar-refractivity contribution < 1.29 is 19.0 Å². The first-order valence-corrected chi connectivity index (χ1v) is 10.5. The third-order valence-corrected chi connectivity index (χ3v) is 5.60. The number of hydrogen-bond acceptors (Lipinski definition) is 8. The molecule has 2 N–H and O–H groups in total. The van der Waals surface area contributed by atoms with E-state index in [1.807, 2.05) is 12.1 Å². The fourth-order valence-corrected chi connectivity index (χ4v) is 3.84. The van der Waals surface area contributed by atoms with Crippen LogP contribution in [0.1, 0.15) is 0 Å². The van der Waals surface area contributed by atoms with Crippen LogP contribution in [0.3, 0.4) is 0 Å². The number of aromatic amines is 1. The molecule has 1 aliphatic heterocycles. The molecule has 0 atom stereocenters. The summed E-state index contributed by atoms with van der Waals surface area (Å²) in [7, 11) is 1.59. The number of hydrogen-bond donors (Lipinski definition) is 2. The van der Waals surface area contributed by atoms with Crippen LogP contribution in [0, 0.1) is 0 Å². The van der Waals surface area contributed by atoms with Gasteiger partial charge in [0.05, 0.1) is 24.7 Å². The molecule has 0 saturated carbocycles. The third-order valence-electron chi connectivity index (χ3n) is 4.73. The molecule has 10 nitrogen and oxygen atoms in total. The fourth-order valence-electron chi connectivity index (χ4n) is 3.18. The van der Waals surface area contributed by atoms with E-state index >= 15 is 0 Å². The van der Waals surface area contributed by atoms with E-state index in [2.05, 4.69) is 20.4 Å². The first kappa shape index (κ1) is 19.9. The number of thioether (sulfide) groups is 1. The summed E-state index contributed by atoms with van der Waals surface area (Å²) >= 11 is 1.12. The lowest BCUT2D eigenvalue weighted by Crippen LogP contribution is -2.15. The quantitative estimate of drug-likeness (QED) is 0.339. The monoisotopic (exact) mass is 451 g/mol. The SMILES string of the molecule is COc1ccc(-n2ncc3c(=O)[nH]c(SCC(=O)Nc4ccc5c(c4)OCO5)nc32)cc1. The van der Waals surface area contributed by atoms with Crippen LogP contribution < -0.4 is 25.1 Å². The number of methoxy groups -OCH3 is 1. The van der Waals surface area contributed by atoms with Crippen molar-refractivity contribution >= 4 is 34.4 Å². The lowest BCUT2D eigenvalue weighted by molar-refractivity contribution is -0.113. The van der Waals surface area contributed by atoms with Crippen molar-refractivity contribution in [3.63, 3.8) is 0 Å². The molecule has 162 valence electrons. The van der Waals surface area contributed by atoms with Gasteiger partial charge >= 0.3 is 0 Å². The van der Waals surface area contributed by atoms with Crippen molar-refractivity contribution in [2.45, 2.75) is 5.16 Å². The van der Waals surface area contributed by atoms with Crippen LogP contribution in [0.25, 0.3) is 16.7 Å². The number of nitrogens with one attached hydrogen (secondary N) is 2. The van der Waals surface area contributed by atoms with Crippen LogP contribution in [0.15, 0.2) is 58.6 Å². The summed E-state index contributed by atoms with van der Waals surface area (Å²) in [6.45, 7) is 0.164. The Kier molecular flexibility index (Phi) is 5.15. The van der Waals surface area contributed by atoms with Gasteiger partial charge in [0.1, 0.15) is 11.1 Å². The zero-order chi connectivity index (χ0) is 22.1. The Balaban J connectivity index is 1.33. The number of amides is 1. The molecule has 3 heterocycles. The van der Waals surface area contributed by atoms with Crippen molar-refractivity contribution in [1.29, 1.82) is 0 Å². The van der Waals surface area contributed by atoms with Crippen LogP contribution in [0.4, 0.5) is 5.69 Å². The fraction of sp³-hybridized carbons (Fsp3) is 0.143. The minimum absolute atomic E-state index is 0.0551. The summed E-state index contributed by atoms with van der Waals surface area (Å²) in [6, 6.07) is 12.4. The number of aromatic nitrogens is 4. The molecule has 0 fully saturated rings. The summed E-state index contributed by atoms with van der Waals surface area (Å²) < 4.78 is 17.3. The molecule has 0 unspecified atom stereocenters.